The SMILES string of the molecule is COc1nc(N2CCCC2)nc(-n2ccnc2)n1. The molecule has 94 valence electrons. The van der Waals surface area contributed by atoms with E-state index in [4.69, 9.17) is 4.74 Å². The number of imidazole rings is 1. The number of methoxy groups -OCH3 is 1. The summed E-state index contributed by atoms with van der Waals surface area (Å²) in [6, 6.07) is 0.329. The smallest absolute Gasteiger partial charge is 0.322 e. The van der Waals surface area contributed by atoms with E-state index in [0.717, 1.165) is 13.1 Å². The van der Waals surface area contributed by atoms with Gasteiger partial charge in [-0.15, -0.1) is 0 Å². The van der Waals surface area contributed by atoms with Crippen LogP contribution < -0.4 is 9.64 Å². The van der Waals surface area contributed by atoms with Gasteiger partial charge in [0.25, 0.3) is 0 Å². The minimum atomic E-state index is 0.329. The first kappa shape index (κ1) is 10.9. The first-order chi connectivity index (χ1) is 8.86. The Morgan fingerprint density at radius 1 is 1.11 bits per heavy atom. The fourth-order valence-electron chi connectivity index (χ4n) is 1.98. The van der Waals surface area contributed by atoms with E-state index < -0.39 is 0 Å². The number of hydrogen-bond donors (Lipinski definition) is 0. The Morgan fingerprint density at radius 3 is 2.56 bits per heavy atom. The molecule has 3 heterocycles. The molecule has 0 atom stereocenters. The molecule has 3 rings (SSSR count). The van der Waals surface area contributed by atoms with E-state index in [1.54, 1.807) is 30.4 Å². The topological polar surface area (TPSA) is 69.0 Å². The summed E-state index contributed by atoms with van der Waals surface area (Å²) >= 11 is 0. The highest BCUT2D eigenvalue weighted by molar-refractivity contribution is 5.35. The summed E-state index contributed by atoms with van der Waals surface area (Å²) in [4.78, 5) is 19.1. The lowest BCUT2D eigenvalue weighted by Crippen LogP contribution is -2.22. The molecule has 0 spiro atoms. The van der Waals surface area contributed by atoms with Crippen molar-refractivity contribution in [3.63, 3.8) is 0 Å². The molecule has 2 aromatic heterocycles. The van der Waals surface area contributed by atoms with E-state index >= 15 is 0 Å². The van der Waals surface area contributed by atoms with Gasteiger partial charge in [-0.3, -0.25) is 4.57 Å². The molecule has 0 amide bonds. The second-order valence-electron chi connectivity index (χ2n) is 4.09. The van der Waals surface area contributed by atoms with Gasteiger partial charge in [-0.2, -0.15) is 15.0 Å². The lowest BCUT2D eigenvalue weighted by Gasteiger charge is -2.15. The zero-order valence-electron chi connectivity index (χ0n) is 10.2. The second-order valence-corrected chi connectivity index (χ2v) is 4.09. The maximum atomic E-state index is 5.13. The van der Waals surface area contributed by atoms with E-state index in [2.05, 4.69) is 24.8 Å². The van der Waals surface area contributed by atoms with Crippen molar-refractivity contribution in [2.45, 2.75) is 12.8 Å². The predicted molar refractivity (Wildman–Crippen MR) is 64.9 cm³/mol. The lowest BCUT2D eigenvalue weighted by molar-refractivity contribution is 0.377. The van der Waals surface area contributed by atoms with Crippen molar-refractivity contribution < 1.29 is 4.74 Å². The number of ether oxygens (including phenoxy) is 1. The van der Waals surface area contributed by atoms with Gasteiger partial charge in [0.05, 0.1) is 7.11 Å². The number of anilines is 1. The highest BCUT2D eigenvalue weighted by atomic mass is 16.5. The molecule has 1 saturated heterocycles. The van der Waals surface area contributed by atoms with Gasteiger partial charge < -0.3 is 9.64 Å². The molecule has 7 nitrogen and oxygen atoms in total. The van der Waals surface area contributed by atoms with Crippen molar-refractivity contribution >= 4 is 5.95 Å². The van der Waals surface area contributed by atoms with Gasteiger partial charge in [-0.05, 0) is 12.8 Å². The van der Waals surface area contributed by atoms with Crippen LogP contribution in [0, 0.1) is 0 Å². The number of rotatable bonds is 3. The molecule has 0 saturated carbocycles. The standard InChI is InChI=1S/C11H14N6O/c1-18-11-14-9(16-5-2-3-6-16)13-10(15-11)17-7-4-12-8-17/h4,7-8H,2-3,5-6H2,1H3. The molecule has 0 radical (unpaired) electrons. The first-order valence-corrected chi connectivity index (χ1v) is 5.90. The van der Waals surface area contributed by atoms with Crippen LogP contribution in [0.1, 0.15) is 12.8 Å². The maximum absolute atomic E-state index is 5.13. The monoisotopic (exact) mass is 246 g/mol. The third-order valence-electron chi connectivity index (χ3n) is 2.90. The van der Waals surface area contributed by atoms with E-state index in [-0.39, 0.29) is 0 Å². The Labute approximate surface area is 104 Å². The molecule has 1 aliphatic rings. The summed E-state index contributed by atoms with van der Waals surface area (Å²) in [5, 5.41) is 0. The normalized spacial score (nSPS) is 15.1. The van der Waals surface area contributed by atoms with Crippen LogP contribution in [0.2, 0.25) is 0 Å². The molecular formula is C11H14N6O. The average molecular weight is 246 g/mol. The number of hydrogen-bond acceptors (Lipinski definition) is 6. The molecule has 0 aliphatic carbocycles. The van der Waals surface area contributed by atoms with Crippen LogP contribution in [0.5, 0.6) is 6.01 Å². The van der Waals surface area contributed by atoms with Crippen molar-refractivity contribution in [2.24, 2.45) is 0 Å². The quantitative estimate of drug-likeness (QED) is 0.792. The van der Waals surface area contributed by atoms with Crippen molar-refractivity contribution in [2.75, 3.05) is 25.1 Å². The average Bonchev–Trinajstić information content (AvgIpc) is 3.10. The van der Waals surface area contributed by atoms with E-state index in [0.29, 0.717) is 17.9 Å². The molecule has 0 unspecified atom stereocenters. The lowest BCUT2D eigenvalue weighted by atomic mass is 10.4. The largest absolute Gasteiger partial charge is 0.467 e. The number of aromatic nitrogens is 5. The van der Waals surface area contributed by atoms with Gasteiger partial charge >= 0.3 is 6.01 Å². The van der Waals surface area contributed by atoms with Crippen molar-refractivity contribution in [3.8, 4) is 12.0 Å². The Balaban J connectivity index is 2.01. The van der Waals surface area contributed by atoms with Crippen molar-refractivity contribution in [3.05, 3.63) is 18.7 Å². The minimum Gasteiger partial charge on any atom is -0.467 e. The van der Waals surface area contributed by atoms with Crippen LogP contribution in [-0.2, 0) is 0 Å². The van der Waals surface area contributed by atoms with Crippen LogP contribution in [0.25, 0.3) is 5.95 Å². The van der Waals surface area contributed by atoms with Gasteiger partial charge in [-0.1, -0.05) is 0 Å². The van der Waals surface area contributed by atoms with E-state index in [9.17, 15) is 0 Å². The Hall–Kier alpha value is -2.18. The molecule has 1 aliphatic heterocycles. The summed E-state index contributed by atoms with van der Waals surface area (Å²) in [5.41, 5.74) is 0. The van der Waals surface area contributed by atoms with Gasteiger partial charge in [0.2, 0.25) is 11.9 Å². The maximum Gasteiger partial charge on any atom is 0.322 e. The Kier molecular flexibility index (Phi) is 2.79. The third-order valence-corrected chi connectivity index (χ3v) is 2.90. The van der Waals surface area contributed by atoms with Gasteiger partial charge in [0, 0.05) is 25.5 Å². The zero-order valence-corrected chi connectivity index (χ0v) is 10.2. The third kappa shape index (κ3) is 1.99. The first-order valence-electron chi connectivity index (χ1n) is 5.90. The van der Waals surface area contributed by atoms with E-state index in [1.807, 2.05) is 0 Å². The Bertz CT molecular complexity index is 520. The molecular weight excluding hydrogens is 232 g/mol. The number of nitrogens with zero attached hydrogens (tertiary/aromatic N) is 6. The highest BCUT2D eigenvalue weighted by Gasteiger charge is 2.18. The summed E-state index contributed by atoms with van der Waals surface area (Å²) < 4.78 is 6.87. The summed E-state index contributed by atoms with van der Waals surface area (Å²) in [7, 11) is 1.56. The van der Waals surface area contributed by atoms with Crippen molar-refractivity contribution in [1.82, 2.24) is 24.5 Å². The summed E-state index contributed by atoms with van der Waals surface area (Å²) in [5.74, 6) is 1.20. The van der Waals surface area contributed by atoms with Crippen LogP contribution in [-0.4, -0.2) is 44.7 Å². The van der Waals surface area contributed by atoms with Crippen LogP contribution in [0.15, 0.2) is 18.7 Å². The fourth-order valence-corrected chi connectivity index (χ4v) is 1.98. The molecule has 0 N–H and O–H groups in total. The molecule has 0 bridgehead atoms. The van der Waals surface area contributed by atoms with Gasteiger partial charge in [0.15, 0.2) is 0 Å². The fraction of sp³-hybridized carbons (Fsp3) is 0.455. The highest BCUT2D eigenvalue weighted by Crippen LogP contribution is 2.18. The molecule has 2 aromatic rings. The predicted octanol–water partition coefficient (Wildman–Crippen LogP) is 0.666. The van der Waals surface area contributed by atoms with Gasteiger partial charge in [0.1, 0.15) is 6.33 Å². The van der Waals surface area contributed by atoms with Crippen LogP contribution in [0.3, 0.4) is 0 Å². The Morgan fingerprint density at radius 2 is 1.89 bits per heavy atom. The van der Waals surface area contributed by atoms with Crippen LogP contribution >= 0.6 is 0 Å². The summed E-state index contributed by atoms with van der Waals surface area (Å²) in [6.45, 7) is 1.97. The molecule has 0 aromatic carbocycles. The second kappa shape index (κ2) is 4.59. The molecule has 7 heteroatoms. The van der Waals surface area contributed by atoms with Crippen molar-refractivity contribution in [1.29, 1.82) is 0 Å². The molecule has 18 heavy (non-hydrogen) atoms. The molecule has 1 fully saturated rings. The van der Waals surface area contributed by atoms with Crippen LogP contribution in [0.4, 0.5) is 5.95 Å². The van der Waals surface area contributed by atoms with Gasteiger partial charge in [-0.25, -0.2) is 4.98 Å². The minimum absolute atomic E-state index is 0.329. The zero-order chi connectivity index (χ0) is 12.4. The van der Waals surface area contributed by atoms with E-state index in [1.165, 1.54) is 12.8 Å². The summed E-state index contributed by atoms with van der Waals surface area (Å²) in [6.07, 6.45) is 7.49.